The number of rotatable bonds is 5. The molecule has 1 aliphatic rings. The number of aromatic nitrogens is 3. The molecule has 1 fully saturated rings. The highest BCUT2D eigenvalue weighted by molar-refractivity contribution is 5.81. The van der Waals surface area contributed by atoms with E-state index in [1.165, 1.54) is 0 Å². The van der Waals surface area contributed by atoms with Crippen molar-refractivity contribution in [3.05, 3.63) is 47.5 Å². The Morgan fingerprint density at radius 2 is 2.04 bits per heavy atom. The minimum Gasteiger partial charge on any atom is -0.368 e. The molecular formula is C18H25N5O. The van der Waals surface area contributed by atoms with Gasteiger partial charge in [0, 0.05) is 6.04 Å². The average Bonchev–Trinajstić information content (AvgIpc) is 2.87. The largest absolute Gasteiger partial charge is 0.368 e. The van der Waals surface area contributed by atoms with Crippen molar-refractivity contribution < 1.29 is 4.79 Å². The maximum Gasteiger partial charge on any atom is 0.239 e. The number of amides is 1. The van der Waals surface area contributed by atoms with Crippen molar-refractivity contribution in [2.75, 3.05) is 6.54 Å². The topological polar surface area (TPSA) is 77.0 Å². The standard InChI is InChI=1S/C18H25N5O/c1-13-20-14(2)23(21-13)12-16-10-6-7-11-22(16)17(18(19)24)15-8-4-3-5-9-15/h3-5,8-9,16-17H,6-7,10-12H2,1-2H3,(H2,19,24). The van der Waals surface area contributed by atoms with Crippen LogP contribution in [0.15, 0.2) is 30.3 Å². The number of carbonyl (C=O) groups is 1. The minimum absolute atomic E-state index is 0.233. The van der Waals surface area contributed by atoms with E-state index in [4.69, 9.17) is 5.73 Å². The Kier molecular flexibility index (Phi) is 4.94. The number of hydrogen-bond donors (Lipinski definition) is 1. The number of primary amides is 1. The molecule has 3 rings (SSSR count). The summed E-state index contributed by atoms with van der Waals surface area (Å²) in [5, 5.41) is 4.48. The molecule has 0 aliphatic carbocycles. The van der Waals surface area contributed by atoms with E-state index in [1.54, 1.807) is 0 Å². The Labute approximate surface area is 142 Å². The van der Waals surface area contributed by atoms with Crippen LogP contribution >= 0.6 is 0 Å². The van der Waals surface area contributed by atoms with Gasteiger partial charge in [-0.05, 0) is 38.8 Å². The zero-order chi connectivity index (χ0) is 17.1. The van der Waals surface area contributed by atoms with E-state index in [2.05, 4.69) is 15.0 Å². The highest BCUT2D eigenvalue weighted by Crippen LogP contribution is 2.29. The molecule has 6 nitrogen and oxygen atoms in total. The smallest absolute Gasteiger partial charge is 0.239 e. The monoisotopic (exact) mass is 327 g/mol. The third-order valence-corrected chi connectivity index (χ3v) is 4.74. The van der Waals surface area contributed by atoms with E-state index in [0.29, 0.717) is 0 Å². The molecule has 1 aliphatic heterocycles. The van der Waals surface area contributed by atoms with E-state index < -0.39 is 0 Å². The average molecular weight is 327 g/mol. The Morgan fingerprint density at radius 3 is 2.67 bits per heavy atom. The van der Waals surface area contributed by atoms with Crippen molar-refractivity contribution in [3.63, 3.8) is 0 Å². The van der Waals surface area contributed by atoms with Gasteiger partial charge in [0.15, 0.2) is 0 Å². The summed E-state index contributed by atoms with van der Waals surface area (Å²) in [5.74, 6) is 1.40. The van der Waals surface area contributed by atoms with E-state index in [-0.39, 0.29) is 18.0 Å². The van der Waals surface area contributed by atoms with Gasteiger partial charge in [0.05, 0.1) is 6.54 Å². The van der Waals surface area contributed by atoms with Gasteiger partial charge in [-0.3, -0.25) is 9.69 Å². The van der Waals surface area contributed by atoms with Gasteiger partial charge < -0.3 is 5.73 Å². The predicted octanol–water partition coefficient (Wildman–Crippen LogP) is 1.98. The molecule has 2 aromatic rings. The van der Waals surface area contributed by atoms with Gasteiger partial charge in [-0.15, -0.1) is 0 Å². The van der Waals surface area contributed by atoms with Crippen LogP contribution in [-0.2, 0) is 11.3 Å². The first-order chi connectivity index (χ1) is 11.6. The predicted molar refractivity (Wildman–Crippen MR) is 92.2 cm³/mol. The first-order valence-corrected chi connectivity index (χ1v) is 8.54. The molecule has 2 heterocycles. The van der Waals surface area contributed by atoms with Crippen LogP contribution in [0.2, 0.25) is 0 Å². The number of likely N-dealkylation sites (tertiary alicyclic amines) is 1. The van der Waals surface area contributed by atoms with Gasteiger partial charge in [0.1, 0.15) is 17.7 Å². The lowest BCUT2D eigenvalue weighted by Crippen LogP contribution is -2.48. The summed E-state index contributed by atoms with van der Waals surface area (Å²) < 4.78 is 1.95. The van der Waals surface area contributed by atoms with Crippen molar-refractivity contribution in [3.8, 4) is 0 Å². The quantitative estimate of drug-likeness (QED) is 0.911. The first kappa shape index (κ1) is 16.6. The van der Waals surface area contributed by atoms with E-state index in [1.807, 2.05) is 48.9 Å². The molecule has 6 heteroatoms. The Morgan fingerprint density at radius 1 is 1.29 bits per heavy atom. The fourth-order valence-corrected chi connectivity index (χ4v) is 3.65. The molecule has 1 amide bonds. The number of nitrogens with two attached hydrogens (primary N) is 1. The zero-order valence-corrected chi connectivity index (χ0v) is 14.4. The fourth-order valence-electron chi connectivity index (χ4n) is 3.65. The molecule has 128 valence electrons. The Hall–Kier alpha value is -2.21. The van der Waals surface area contributed by atoms with Crippen LogP contribution in [0.1, 0.15) is 42.5 Å². The second-order valence-corrected chi connectivity index (χ2v) is 6.49. The molecule has 2 unspecified atom stereocenters. The van der Waals surface area contributed by atoms with Gasteiger partial charge in [-0.1, -0.05) is 36.8 Å². The van der Waals surface area contributed by atoms with Crippen molar-refractivity contribution in [2.45, 2.75) is 51.7 Å². The summed E-state index contributed by atoms with van der Waals surface area (Å²) in [6.45, 7) is 5.48. The summed E-state index contributed by atoms with van der Waals surface area (Å²) in [6.07, 6.45) is 3.28. The van der Waals surface area contributed by atoms with Crippen LogP contribution in [0.4, 0.5) is 0 Å². The van der Waals surface area contributed by atoms with Crippen LogP contribution in [0.25, 0.3) is 0 Å². The first-order valence-electron chi connectivity index (χ1n) is 8.54. The summed E-state index contributed by atoms with van der Waals surface area (Å²) >= 11 is 0. The molecule has 2 atom stereocenters. The molecule has 0 saturated carbocycles. The lowest BCUT2D eigenvalue weighted by Gasteiger charge is -2.40. The molecule has 1 aromatic carbocycles. The number of aryl methyl sites for hydroxylation is 2. The van der Waals surface area contributed by atoms with Gasteiger partial charge in [0.25, 0.3) is 0 Å². The lowest BCUT2D eigenvalue weighted by molar-refractivity contribution is -0.125. The van der Waals surface area contributed by atoms with Crippen molar-refractivity contribution >= 4 is 5.91 Å². The van der Waals surface area contributed by atoms with Crippen molar-refractivity contribution in [1.29, 1.82) is 0 Å². The van der Waals surface area contributed by atoms with E-state index in [0.717, 1.165) is 49.6 Å². The molecule has 0 radical (unpaired) electrons. The number of benzene rings is 1. The van der Waals surface area contributed by atoms with E-state index >= 15 is 0 Å². The summed E-state index contributed by atoms with van der Waals surface area (Å²) in [5.41, 5.74) is 6.74. The fraction of sp³-hybridized carbons (Fsp3) is 0.500. The Bertz CT molecular complexity index is 697. The highest BCUT2D eigenvalue weighted by atomic mass is 16.1. The SMILES string of the molecule is Cc1nc(C)n(CC2CCCCN2C(C(N)=O)c2ccccc2)n1. The molecule has 1 saturated heterocycles. The second kappa shape index (κ2) is 7.13. The summed E-state index contributed by atoms with van der Waals surface area (Å²) in [7, 11) is 0. The summed E-state index contributed by atoms with van der Waals surface area (Å²) in [6, 6.07) is 9.66. The van der Waals surface area contributed by atoms with Crippen LogP contribution in [-0.4, -0.2) is 38.2 Å². The molecular weight excluding hydrogens is 302 g/mol. The van der Waals surface area contributed by atoms with Crippen molar-refractivity contribution in [1.82, 2.24) is 19.7 Å². The van der Waals surface area contributed by atoms with Crippen LogP contribution < -0.4 is 5.73 Å². The van der Waals surface area contributed by atoms with Crippen LogP contribution in [0.3, 0.4) is 0 Å². The van der Waals surface area contributed by atoms with Gasteiger partial charge in [0.2, 0.25) is 5.91 Å². The summed E-state index contributed by atoms with van der Waals surface area (Å²) in [4.78, 5) is 18.8. The Balaban J connectivity index is 1.87. The van der Waals surface area contributed by atoms with E-state index in [9.17, 15) is 4.79 Å². The third-order valence-electron chi connectivity index (χ3n) is 4.74. The van der Waals surface area contributed by atoms with Gasteiger partial charge in [-0.2, -0.15) is 5.10 Å². The van der Waals surface area contributed by atoms with Gasteiger partial charge >= 0.3 is 0 Å². The lowest BCUT2D eigenvalue weighted by atomic mass is 9.95. The normalized spacial score (nSPS) is 20.0. The van der Waals surface area contributed by atoms with Crippen LogP contribution in [0, 0.1) is 13.8 Å². The minimum atomic E-state index is -0.388. The number of hydrogen-bond acceptors (Lipinski definition) is 4. The molecule has 0 spiro atoms. The maximum absolute atomic E-state index is 12.2. The number of nitrogens with zero attached hydrogens (tertiary/aromatic N) is 4. The number of piperidine rings is 1. The molecule has 24 heavy (non-hydrogen) atoms. The maximum atomic E-state index is 12.2. The third kappa shape index (κ3) is 3.48. The van der Waals surface area contributed by atoms with Gasteiger partial charge in [-0.25, -0.2) is 9.67 Å². The molecule has 0 bridgehead atoms. The van der Waals surface area contributed by atoms with Crippen molar-refractivity contribution in [2.24, 2.45) is 5.73 Å². The molecule has 2 N–H and O–H groups in total. The number of carbonyl (C=O) groups excluding carboxylic acids is 1. The highest BCUT2D eigenvalue weighted by Gasteiger charge is 2.33. The van der Waals surface area contributed by atoms with Crippen LogP contribution in [0.5, 0.6) is 0 Å². The second-order valence-electron chi connectivity index (χ2n) is 6.49. The zero-order valence-electron chi connectivity index (χ0n) is 14.4. The molecule has 1 aromatic heterocycles.